The Morgan fingerprint density at radius 2 is 1.69 bits per heavy atom. The van der Waals surface area contributed by atoms with Gasteiger partial charge in [0.15, 0.2) is 11.6 Å². The molecule has 0 spiro atoms. The molecule has 0 amide bonds. The second-order valence-corrected chi connectivity index (χ2v) is 15.5. The zero-order valence-electron chi connectivity index (χ0n) is 25.0. The average Bonchev–Trinajstić information content (AvgIpc) is 2.86. The lowest BCUT2D eigenvalue weighted by Crippen LogP contribution is -2.65. The molecule has 7 atom stereocenters. The SMILES string of the molecule is C#CCCC(=O)[C@]12CCC(C)(C)C[C@H]1[C@H]1C(=O)C=C3[C@@]4(C)C=C(C#N)C(=O)C(C)(C)[C@@H]4CC[C@@]3(C)[C@]1(C)CC2. The molecule has 5 aliphatic rings. The minimum absolute atomic E-state index is 0.00696. The van der Waals surface area contributed by atoms with Crippen LogP contribution in [0.15, 0.2) is 23.3 Å². The van der Waals surface area contributed by atoms with E-state index in [9.17, 15) is 19.6 Å². The molecule has 4 heteroatoms. The fourth-order valence-corrected chi connectivity index (χ4v) is 10.6. The smallest absolute Gasteiger partial charge is 0.178 e. The van der Waals surface area contributed by atoms with Gasteiger partial charge < -0.3 is 0 Å². The van der Waals surface area contributed by atoms with E-state index in [1.165, 1.54) is 0 Å². The van der Waals surface area contributed by atoms with Crippen LogP contribution in [-0.4, -0.2) is 17.3 Å². The van der Waals surface area contributed by atoms with Gasteiger partial charge in [-0.25, -0.2) is 0 Å². The van der Waals surface area contributed by atoms with Gasteiger partial charge >= 0.3 is 0 Å². The van der Waals surface area contributed by atoms with Gasteiger partial charge in [-0.15, -0.1) is 12.3 Å². The Kier molecular flexibility index (Phi) is 6.14. The highest BCUT2D eigenvalue weighted by Gasteiger charge is 2.70. The molecule has 0 radical (unpaired) electrons. The van der Waals surface area contributed by atoms with Crippen molar-refractivity contribution >= 4 is 17.3 Å². The molecule has 0 aliphatic heterocycles. The van der Waals surface area contributed by atoms with Gasteiger partial charge in [0.1, 0.15) is 11.9 Å². The minimum atomic E-state index is -0.671. The summed E-state index contributed by atoms with van der Waals surface area (Å²) in [5.41, 5.74) is -0.849. The van der Waals surface area contributed by atoms with Crippen LogP contribution in [0.25, 0.3) is 0 Å². The van der Waals surface area contributed by atoms with Crippen LogP contribution < -0.4 is 0 Å². The molecule has 5 rings (SSSR count). The monoisotopic (exact) mass is 527 g/mol. The Balaban J connectivity index is 1.68. The molecule has 0 bridgehead atoms. The summed E-state index contributed by atoms with van der Waals surface area (Å²) in [6.45, 7) is 15.3. The summed E-state index contributed by atoms with van der Waals surface area (Å²) >= 11 is 0. The molecular weight excluding hydrogens is 482 g/mol. The summed E-state index contributed by atoms with van der Waals surface area (Å²) in [5, 5.41) is 9.90. The normalized spacial score (nSPS) is 43.8. The lowest BCUT2D eigenvalue weighted by Gasteiger charge is -2.69. The summed E-state index contributed by atoms with van der Waals surface area (Å²) in [6.07, 6.45) is 16.3. The zero-order valence-corrected chi connectivity index (χ0v) is 25.0. The molecule has 39 heavy (non-hydrogen) atoms. The van der Waals surface area contributed by atoms with Crippen molar-refractivity contribution in [3.63, 3.8) is 0 Å². The molecule has 0 unspecified atom stereocenters. The highest BCUT2D eigenvalue weighted by molar-refractivity contribution is 6.04. The standard InChI is InChI=1S/C35H45NO3/c1-9-10-11-27(38)35-16-14-30(2,3)20-23(35)28-24(37)18-26-32(6)19-22(21-36)29(39)31(4,5)25(32)12-13-33(26,7)34(28,8)15-17-35/h1,18-19,23,25,28H,10-17,20H2,2-8H3/t23-,25-,28-,32-,33+,34+,35-/m0/s1. The van der Waals surface area contributed by atoms with Crippen LogP contribution in [-0.2, 0) is 14.4 Å². The van der Waals surface area contributed by atoms with Crippen molar-refractivity contribution in [2.75, 3.05) is 0 Å². The molecule has 5 aliphatic carbocycles. The third-order valence-corrected chi connectivity index (χ3v) is 12.9. The summed E-state index contributed by atoms with van der Waals surface area (Å²) in [5.74, 6) is 2.81. The van der Waals surface area contributed by atoms with Crippen LogP contribution in [0.4, 0.5) is 0 Å². The number of Topliss-reactive ketones (excluding diaryl/α,β-unsaturated/α-hetero) is 2. The quantitative estimate of drug-likeness (QED) is 0.364. The van der Waals surface area contributed by atoms with E-state index in [0.717, 1.165) is 50.5 Å². The van der Waals surface area contributed by atoms with Crippen LogP contribution in [0.3, 0.4) is 0 Å². The maximum Gasteiger partial charge on any atom is 0.178 e. The number of rotatable bonds is 3. The molecule has 0 aromatic heterocycles. The van der Waals surface area contributed by atoms with Crippen molar-refractivity contribution in [1.29, 1.82) is 5.26 Å². The van der Waals surface area contributed by atoms with Crippen LogP contribution in [0, 0.1) is 73.9 Å². The van der Waals surface area contributed by atoms with Crippen molar-refractivity contribution in [2.45, 2.75) is 106 Å². The Morgan fingerprint density at radius 1 is 1.03 bits per heavy atom. The number of hydrogen-bond donors (Lipinski definition) is 0. The predicted molar refractivity (Wildman–Crippen MR) is 152 cm³/mol. The molecule has 3 fully saturated rings. The lowest BCUT2D eigenvalue weighted by molar-refractivity contribution is -0.177. The Hall–Kier alpha value is -2.46. The number of fused-ring (bicyclic) bond motifs is 7. The number of terminal acetylenes is 1. The highest BCUT2D eigenvalue weighted by Crippen LogP contribution is 2.74. The van der Waals surface area contributed by atoms with Crippen LogP contribution >= 0.6 is 0 Å². The van der Waals surface area contributed by atoms with Crippen LogP contribution in [0.1, 0.15) is 106 Å². The fraction of sp³-hybridized carbons (Fsp3) is 0.714. The number of carbonyl (C=O) groups excluding carboxylic acids is 3. The second kappa shape index (κ2) is 8.52. The third-order valence-electron chi connectivity index (χ3n) is 12.9. The van der Waals surface area contributed by atoms with Crippen molar-refractivity contribution in [1.82, 2.24) is 0 Å². The molecule has 0 aromatic rings. The van der Waals surface area contributed by atoms with Gasteiger partial charge in [0.2, 0.25) is 0 Å². The van der Waals surface area contributed by atoms with Gasteiger partial charge in [0, 0.05) is 35.0 Å². The van der Waals surface area contributed by atoms with Gasteiger partial charge in [-0.1, -0.05) is 60.1 Å². The van der Waals surface area contributed by atoms with E-state index in [1.54, 1.807) is 0 Å². The topological polar surface area (TPSA) is 75.0 Å². The largest absolute Gasteiger partial charge is 0.299 e. The predicted octanol–water partition coefficient (Wildman–Crippen LogP) is 7.19. The summed E-state index contributed by atoms with van der Waals surface area (Å²) in [7, 11) is 0. The maximum absolute atomic E-state index is 14.5. The van der Waals surface area contributed by atoms with E-state index >= 15 is 0 Å². The van der Waals surface area contributed by atoms with E-state index in [1.807, 2.05) is 26.0 Å². The van der Waals surface area contributed by atoms with Gasteiger partial charge in [-0.3, -0.25) is 14.4 Å². The lowest BCUT2D eigenvalue weighted by atomic mass is 9.34. The number of carbonyl (C=O) groups is 3. The van der Waals surface area contributed by atoms with Crippen molar-refractivity contribution in [2.24, 2.45) is 50.2 Å². The number of nitrogens with zero attached hydrogens (tertiary/aromatic N) is 1. The maximum atomic E-state index is 14.5. The first-order chi connectivity index (χ1) is 18.0. The summed E-state index contributed by atoms with van der Waals surface area (Å²) < 4.78 is 0. The number of ketones is 3. The van der Waals surface area contributed by atoms with Gasteiger partial charge in [-0.05, 0) is 79.1 Å². The number of allylic oxidation sites excluding steroid dienone is 4. The van der Waals surface area contributed by atoms with E-state index in [2.05, 4.69) is 46.6 Å². The molecule has 208 valence electrons. The molecule has 0 N–H and O–H groups in total. The van der Waals surface area contributed by atoms with E-state index in [-0.39, 0.29) is 56.9 Å². The Bertz CT molecular complexity index is 1300. The van der Waals surface area contributed by atoms with E-state index < -0.39 is 16.2 Å². The number of nitriles is 1. The number of hydrogen-bond acceptors (Lipinski definition) is 4. The van der Waals surface area contributed by atoms with E-state index in [0.29, 0.717) is 12.8 Å². The summed E-state index contributed by atoms with van der Waals surface area (Å²) in [4.78, 5) is 41.6. The Labute approximate surface area is 235 Å². The molecule has 0 heterocycles. The molecule has 3 saturated carbocycles. The highest BCUT2D eigenvalue weighted by atomic mass is 16.1. The minimum Gasteiger partial charge on any atom is -0.299 e. The van der Waals surface area contributed by atoms with Crippen LogP contribution in [0.5, 0.6) is 0 Å². The molecular formula is C35H45NO3. The van der Waals surface area contributed by atoms with Crippen molar-refractivity contribution in [3.8, 4) is 18.4 Å². The van der Waals surface area contributed by atoms with E-state index in [4.69, 9.17) is 6.42 Å². The first kappa shape index (κ1) is 28.1. The van der Waals surface area contributed by atoms with Gasteiger partial charge in [-0.2, -0.15) is 5.26 Å². The molecule has 4 nitrogen and oxygen atoms in total. The fourth-order valence-electron chi connectivity index (χ4n) is 10.6. The second-order valence-electron chi connectivity index (χ2n) is 15.5. The molecule has 0 aromatic carbocycles. The van der Waals surface area contributed by atoms with Gasteiger partial charge in [0.25, 0.3) is 0 Å². The molecule has 0 saturated heterocycles. The third kappa shape index (κ3) is 3.52. The average molecular weight is 528 g/mol. The Morgan fingerprint density at radius 3 is 2.33 bits per heavy atom. The zero-order chi connectivity index (χ0) is 28.8. The van der Waals surface area contributed by atoms with Crippen molar-refractivity contribution < 1.29 is 14.4 Å². The van der Waals surface area contributed by atoms with Crippen molar-refractivity contribution in [3.05, 3.63) is 23.3 Å². The van der Waals surface area contributed by atoms with Gasteiger partial charge in [0.05, 0.1) is 5.57 Å². The first-order valence-corrected chi connectivity index (χ1v) is 15.0. The summed E-state index contributed by atoms with van der Waals surface area (Å²) in [6, 6.07) is 2.18. The van der Waals surface area contributed by atoms with Crippen LogP contribution in [0.2, 0.25) is 0 Å². The first-order valence-electron chi connectivity index (χ1n) is 15.0.